The van der Waals surface area contributed by atoms with E-state index in [0.29, 0.717) is 23.6 Å². The number of hydrogen-bond donors (Lipinski definition) is 2. The second-order valence-electron chi connectivity index (χ2n) is 2.96. The third kappa shape index (κ3) is 1.36. The Bertz CT molecular complexity index is 368. The highest BCUT2D eigenvalue weighted by atomic mass is 35.5. The minimum absolute atomic E-state index is 0.0465. The van der Waals surface area contributed by atoms with Crippen molar-refractivity contribution in [2.24, 2.45) is 0 Å². The Hall–Kier alpha value is -1.13. The van der Waals surface area contributed by atoms with Gasteiger partial charge in [-0.1, -0.05) is 11.6 Å². The molecule has 1 aromatic carbocycles. The van der Waals surface area contributed by atoms with Gasteiger partial charge in [-0.25, -0.2) is 0 Å². The lowest BCUT2D eigenvalue weighted by Gasteiger charge is -2.07. The van der Waals surface area contributed by atoms with Crippen molar-refractivity contribution in [3.8, 4) is 17.2 Å². The number of fused-ring (bicyclic) bond motifs is 1. The average molecular weight is 216 g/mol. The van der Waals surface area contributed by atoms with Gasteiger partial charge in [0, 0.05) is 12.1 Å². The van der Waals surface area contributed by atoms with Crippen molar-refractivity contribution < 1.29 is 14.6 Å². The van der Waals surface area contributed by atoms with Crippen molar-refractivity contribution in [2.45, 2.75) is 6.54 Å². The van der Waals surface area contributed by atoms with Crippen LogP contribution in [0.25, 0.3) is 0 Å². The summed E-state index contributed by atoms with van der Waals surface area (Å²) in [6.45, 7) is 0.680. The zero-order valence-electron chi connectivity index (χ0n) is 7.63. The zero-order chi connectivity index (χ0) is 10.1. The molecule has 0 atom stereocenters. The van der Waals surface area contributed by atoms with E-state index in [1.165, 1.54) is 0 Å². The highest BCUT2D eigenvalue weighted by molar-refractivity contribution is 6.34. The summed E-state index contributed by atoms with van der Waals surface area (Å²) in [6, 6.07) is 1.72. The molecule has 1 aliphatic heterocycles. The van der Waals surface area contributed by atoms with Gasteiger partial charge in [0.15, 0.2) is 11.5 Å². The lowest BCUT2D eigenvalue weighted by molar-refractivity contribution is 0.174. The minimum Gasteiger partial charge on any atom is -0.506 e. The van der Waals surface area contributed by atoms with E-state index in [4.69, 9.17) is 21.1 Å². The lowest BCUT2D eigenvalue weighted by atomic mass is 10.1. The van der Waals surface area contributed by atoms with Crippen molar-refractivity contribution >= 4 is 11.6 Å². The quantitative estimate of drug-likeness (QED) is 0.785. The first kappa shape index (κ1) is 9.43. The summed E-state index contributed by atoms with van der Waals surface area (Å²) in [5.74, 6) is 1.05. The van der Waals surface area contributed by atoms with Crippen molar-refractivity contribution in [1.82, 2.24) is 5.32 Å². The van der Waals surface area contributed by atoms with Crippen LogP contribution in [0.4, 0.5) is 0 Å². The van der Waals surface area contributed by atoms with Crippen LogP contribution in [0.1, 0.15) is 5.56 Å². The van der Waals surface area contributed by atoms with Crippen molar-refractivity contribution in [1.29, 1.82) is 0 Å². The SMILES string of the molecule is CNCc1cc2c(c(Cl)c1O)OCO2. The Kier molecular flexibility index (Phi) is 2.39. The van der Waals surface area contributed by atoms with Crippen LogP contribution in [0.15, 0.2) is 6.07 Å². The summed E-state index contributed by atoms with van der Waals surface area (Å²) >= 11 is 5.90. The number of ether oxygens (including phenoxy) is 2. The normalized spacial score (nSPS) is 13.3. The van der Waals surface area contributed by atoms with Gasteiger partial charge in [-0.15, -0.1) is 0 Å². The van der Waals surface area contributed by atoms with Gasteiger partial charge in [0.25, 0.3) is 0 Å². The van der Waals surface area contributed by atoms with Gasteiger partial charge >= 0.3 is 0 Å². The number of rotatable bonds is 2. The molecule has 2 rings (SSSR count). The summed E-state index contributed by atoms with van der Waals surface area (Å²) < 4.78 is 10.3. The highest BCUT2D eigenvalue weighted by Gasteiger charge is 2.22. The number of phenolic OH excluding ortho intramolecular Hbond substituents is 1. The van der Waals surface area contributed by atoms with Gasteiger partial charge in [0.2, 0.25) is 6.79 Å². The van der Waals surface area contributed by atoms with Crippen LogP contribution in [0.2, 0.25) is 5.02 Å². The molecule has 14 heavy (non-hydrogen) atoms. The molecule has 0 saturated heterocycles. The molecule has 5 heteroatoms. The van der Waals surface area contributed by atoms with Gasteiger partial charge in [-0.2, -0.15) is 0 Å². The van der Waals surface area contributed by atoms with Crippen LogP contribution in [0.3, 0.4) is 0 Å². The summed E-state index contributed by atoms with van der Waals surface area (Å²) in [5, 5.41) is 12.8. The first-order valence-corrected chi connectivity index (χ1v) is 4.56. The zero-order valence-corrected chi connectivity index (χ0v) is 8.39. The van der Waals surface area contributed by atoms with Crippen LogP contribution in [0, 0.1) is 0 Å². The lowest BCUT2D eigenvalue weighted by Crippen LogP contribution is -2.05. The topological polar surface area (TPSA) is 50.7 Å². The molecule has 0 amide bonds. The Morgan fingerprint density at radius 3 is 3.07 bits per heavy atom. The van der Waals surface area contributed by atoms with Crippen molar-refractivity contribution in [3.05, 3.63) is 16.7 Å². The van der Waals surface area contributed by atoms with E-state index in [1.807, 2.05) is 0 Å². The maximum Gasteiger partial charge on any atom is 0.231 e. The standard InChI is InChI=1S/C9H10ClNO3/c1-11-3-5-2-6-9(14-4-13-6)7(10)8(5)12/h2,11-12H,3-4H2,1H3. The largest absolute Gasteiger partial charge is 0.506 e. The summed E-state index contributed by atoms with van der Waals surface area (Å²) in [6.07, 6.45) is 0. The number of hydrogen-bond acceptors (Lipinski definition) is 4. The van der Waals surface area contributed by atoms with Crippen LogP contribution in [-0.4, -0.2) is 18.9 Å². The molecular formula is C9H10ClNO3. The number of phenols is 1. The van der Waals surface area contributed by atoms with Gasteiger partial charge in [0.05, 0.1) is 0 Å². The molecule has 1 aromatic rings. The monoisotopic (exact) mass is 215 g/mol. The van der Waals surface area contributed by atoms with E-state index in [0.717, 1.165) is 0 Å². The van der Waals surface area contributed by atoms with E-state index in [9.17, 15) is 5.11 Å². The molecule has 4 nitrogen and oxygen atoms in total. The Balaban J connectivity index is 2.49. The fourth-order valence-corrected chi connectivity index (χ4v) is 1.64. The Labute approximate surface area is 86.4 Å². The number of nitrogens with one attached hydrogen (secondary N) is 1. The molecule has 1 aliphatic rings. The first-order chi connectivity index (χ1) is 6.74. The molecule has 76 valence electrons. The maximum atomic E-state index is 9.69. The number of halogens is 1. The molecule has 0 aliphatic carbocycles. The summed E-state index contributed by atoms with van der Waals surface area (Å²) in [7, 11) is 1.79. The molecule has 0 fully saturated rings. The second kappa shape index (κ2) is 3.55. The second-order valence-corrected chi connectivity index (χ2v) is 3.34. The average Bonchev–Trinajstić information content (AvgIpc) is 2.62. The van der Waals surface area contributed by atoms with Gasteiger partial charge in [-0.05, 0) is 13.1 Å². The van der Waals surface area contributed by atoms with Gasteiger partial charge < -0.3 is 19.9 Å². The minimum atomic E-state index is 0.0465. The van der Waals surface area contributed by atoms with E-state index >= 15 is 0 Å². The third-order valence-corrected chi connectivity index (χ3v) is 2.38. The predicted molar refractivity (Wildman–Crippen MR) is 52.0 cm³/mol. The van der Waals surface area contributed by atoms with Crippen molar-refractivity contribution in [2.75, 3.05) is 13.8 Å². The van der Waals surface area contributed by atoms with Gasteiger partial charge in [-0.3, -0.25) is 0 Å². The molecular weight excluding hydrogens is 206 g/mol. The third-order valence-electron chi connectivity index (χ3n) is 2.03. The molecule has 1 heterocycles. The van der Waals surface area contributed by atoms with E-state index in [-0.39, 0.29) is 17.6 Å². The number of benzene rings is 1. The summed E-state index contributed by atoms with van der Waals surface area (Å²) in [4.78, 5) is 0. The molecule has 0 radical (unpaired) electrons. The van der Waals surface area contributed by atoms with Crippen LogP contribution in [0.5, 0.6) is 17.2 Å². The molecule has 0 spiro atoms. The highest BCUT2D eigenvalue weighted by Crippen LogP contribution is 2.45. The van der Waals surface area contributed by atoms with E-state index in [2.05, 4.69) is 5.32 Å². The maximum absolute atomic E-state index is 9.69. The van der Waals surface area contributed by atoms with E-state index in [1.54, 1.807) is 13.1 Å². The van der Waals surface area contributed by atoms with E-state index < -0.39 is 0 Å². The molecule has 0 aromatic heterocycles. The molecule has 2 N–H and O–H groups in total. The first-order valence-electron chi connectivity index (χ1n) is 4.18. The Morgan fingerprint density at radius 1 is 1.57 bits per heavy atom. The van der Waals surface area contributed by atoms with Crippen molar-refractivity contribution in [3.63, 3.8) is 0 Å². The van der Waals surface area contributed by atoms with Crippen LogP contribution < -0.4 is 14.8 Å². The Morgan fingerprint density at radius 2 is 2.36 bits per heavy atom. The fourth-order valence-electron chi connectivity index (χ4n) is 1.37. The predicted octanol–water partition coefficient (Wildman–Crippen LogP) is 1.49. The van der Waals surface area contributed by atoms with Gasteiger partial charge in [0.1, 0.15) is 10.8 Å². The molecule has 0 saturated carbocycles. The van der Waals surface area contributed by atoms with Crippen LogP contribution >= 0.6 is 11.6 Å². The molecule has 0 unspecified atom stereocenters. The summed E-state index contributed by atoms with van der Waals surface area (Å²) in [5.41, 5.74) is 0.696. The fraction of sp³-hybridized carbons (Fsp3) is 0.333. The van der Waals surface area contributed by atoms with Crippen LogP contribution in [-0.2, 0) is 6.54 Å². The number of aromatic hydroxyl groups is 1. The molecule has 0 bridgehead atoms. The smallest absolute Gasteiger partial charge is 0.231 e.